The highest BCUT2D eigenvalue weighted by atomic mass is 32.1. The fraction of sp³-hybridized carbons (Fsp3) is 0.636. The smallest absolute Gasteiger partial charge is 0.224 e. The molecule has 2 saturated heterocycles. The van der Waals surface area contributed by atoms with Crippen molar-refractivity contribution in [3.05, 3.63) is 23.7 Å². The molecular formula is C22H32N4OS. The van der Waals surface area contributed by atoms with Crippen LogP contribution in [0.2, 0.25) is 0 Å². The Labute approximate surface area is 172 Å². The molecule has 1 amide bonds. The first-order chi connectivity index (χ1) is 13.8. The van der Waals surface area contributed by atoms with Crippen LogP contribution in [0.5, 0.6) is 0 Å². The predicted molar refractivity (Wildman–Crippen MR) is 117 cm³/mol. The number of likely N-dealkylation sites (tertiary alicyclic amines) is 1. The van der Waals surface area contributed by atoms with Crippen LogP contribution in [0, 0.1) is 5.92 Å². The quantitative estimate of drug-likeness (QED) is 0.747. The summed E-state index contributed by atoms with van der Waals surface area (Å²) in [4.78, 5) is 22.2. The Balaban J connectivity index is 1.26. The number of carbonyl (C=O) groups excluding carboxylic acids is 1. The van der Waals surface area contributed by atoms with Crippen molar-refractivity contribution in [2.75, 3.05) is 44.2 Å². The Hall–Kier alpha value is -1.66. The van der Waals surface area contributed by atoms with Crippen molar-refractivity contribution in [2.45, 2.75) is 44.9 Å². The lowest BCUT2D eigenvalue weighted by molar-refractivity contribution is -0.125. The molecule has 0 radical (unpaired) electrons. The summed E-state index contributed by atoms with van der Waals surface area (Å²) in [6.45, 7) is 6.13. The van der Waals surface area contributed by atoms with Gasteiger partial charge in [0.2, 0.25) is 5.91 Å². The van der Waals surface area contributed by atoms with Crippen LogP contribution < -0.4 is 10.2 Å². The molecule has 152 valence electrons. The number of aromatic nitrogens is 1. The molecule has 6 heteroatoms. The number of pyridine rings is 1. The Morgan fingerprint density at radius 1 is 1.14 bits per heavy atom. The van der Waals surface area contributed by atoms with E-state index in [1.54, 1.807) is 11.3 Å². The lowest BCUT2D eigenvalue weighted by Gasteiger charge is -2.33. The summed E-state index contributed by atoms with van der Waals surface area (Å²) < 4.78 is 1.27. The highest BCUT2D eigenvalue weighted by Crippen LogP contribution is 2.31. The minimum absolute atomic E-state index is 0.0719. The number of nitrogens with one attached hydrogen (secondary N) is 1. The van der Waals surface area contributed by atoms with Crippen molar-refractivity contribution in [1.82, 2.24) is 15.2 Å². The topological polar surface area (TPSA) is 48.5 Å². The zero-order valence-corrected chi connectivity index (χ0v) is 17.6. The number of nitrogens with zero attached hydrogens (tertiary/aromatic N) is 3. The molecule has 2 aromatic rings. The fourth-order valence-electron chi connectivity index (χ4n) is 4.53. The average molecular weight is 401 g/mol. The normalized spacial score (nSPS) is 21.6. The summed E-state index contributed by atoms with van der Waals surface area (Å²) in [5.41, 5.74) is 0. The lowest BCUT2D eigenvalue weighted by Crippen LogP contribution is -2.44. The molecule has 2 aliphatic rings. The van der Waals surface area contributed by atoms with Crippen molar-refractivity contribution in [2.24, 2.45) is 5.92 Å². The third kappa shape index (κ3) is 4.84. The van der Waals surface area contributed by atoms with E-state index >= 15 is 0 Å². The maximum absolute atomic E-state index is 12.7. The third-order valence-electron chi connectivity index (χ3n) is 6.10. The highest BCUT2D eigenvalue weighted by molar-refractivity contribution is 7.17. The predicted octanol–water partition coefficient (Wildman–Crippen LogP) is 3.90. The van der Waals surface area contributed by atoms with Gasteiger partial charge in [-0.25, -0.2) is 4.98 Å². The first kappa shape index (κ1) is 19.6. The summed E-state index contributed by atoms with van der Waals surface area (Å²) in [7, 11) is 0. The van der Waals surface area contributed by atoms with Gasteiger partial charge in [0.05, 0.1) is 5.92 Å². The van der Waals surface area contributed by atoms with Gasteiger partial charge < -0.3 is 15.1 Å². The van der Waals surface area contributed by atoms with Crippen LogP contribution in [-0.2, 0) is 4.79 Å². The first-order valence-electron chi connectivity index (χ1n) is 10.9. The van der Waals surface area contributed by atoms with Crippen molar-refractivity contribution in [3.63, 3.8) is 0 Å². The Bertz CT molecular complexity index is 769. The molecule has 4 heterocycles. The molecule has 1 atom stereocenters. The van der Waals surface area contributed by atoms with E-state index < -0.39 is 0 Å². The minimum atomic E-state index is 0.0719. The molecule has 0 unspecified atom stereocenters. The number of carbonyl (C=O) groups is 1. The molecule has 4 rings (SSSR count). The van der Waals surface area contributed by atoms with Gasteiger partial charge in [-0.1, -0.05) is 12.8 Å². The minimum Gasteiger partial charge on any atom is -0.356 e. The van der Waals surface area contributed by atoms with E-state index in [9.17, 15) is 4.79 Å². The molecule has 0 aliphatic carbocycles. The largest absolute Gasteiger partial charge is 0.356 e. The van der Waals surface area contributed by atoms with E-state index in [1.807, 2.05) is 6.20 Å². The summed E-state index contributed by atoms with van der Waals surface area (Å²) in [5.74, 6) is 1.33. The van der Waals surface area contributed by atoms with Gasteiger partial charge in [0.1, 0.15) is 5.82 Å². The van der Waals surface area contributed by atoms with E-state index in [1.165, 1.54) is 48.9 Å². The molecular weight excluding hydrogens is 368 g/mol. The number of fused-ring (bicyclic) bond motifs is 1. The zero-order chi connectivity index (χ0) is 19.2. The number of hydrogen-bond acceptors (Lipinski definition) is 5. The van der Waals surface area contributed by atoms with Crippen LogP contribution >= 0.6 is 11.3 Å². The van der Waals surface area contributed by atoms with Gasteiger partial charge in [0.15, 0.2) is 0 Å². The zero-order valence-electron chi connectivity index (χ0n) is 16.7. The van der Waals surface area contributed by atoms with E-state index in [2.05, 4.69) is 37.6 Å². The summed E-state index contributed by atoms with van der Waals surface area (Å²) in [5, 5.41) is 6.53. The Morgan fingerprint density at radius 2 is 2.00 bits per heavy atom. The number of piperidine rings is 1. The number of amides is 1. The lowest BCUT2D eigenvalue weighted by atomic mass is 9.97. The van der Waals surface area contributed by atoms with Gasteiger partial charge >= 0.3 is 0 Å². The van der Waals surface area contributed by atoms with E-state index in [4.69, 9.17) is 0 Å². The van der Waals surface area contributed by atoms with Crippen molar-refractivity contribution in [1.29, 1.82) is 0 Å². The molecule has 0 spiro atoms. The third-order valence-corrected chi connectivity index (χ3v) is 6.98. The van der Waals surface area contributed by atoms with Gasteiger partial charge in [-0.15, -0.1) is 11.3 Å². The van der Waals surface area contributed by atoms with E-state index in [0.717, 1.165) is 51.3 Å². The molecule has 1 N–H and O–H groups in total. The Morgan fingerprint density at radius 3 is 2.86 bits per heavy atom. The molecule has 2 aromatic heterocycles. The van der Waals surface area contributed by atoms with Crippen molar-refractivity contribution in [3.8, 4) is 0 Å². The summed E-state index contributed by atoms with van der Waals surface area (Å²) in [6, 6.07) is 4.22. The maximum Gasteiger partial charge on any atom is 0.224 e. The van der Waals surface area contributed by atoms with Gasteiger partial charge in [-0.05, 0) is 69.3 Å². The number of hydrogen-bond donors (Lipinski definition) is 1. The van der Waals surface area contributed by atoms with Crippen molar-refractivity contribution >= 4 is 33.1 Å². The van der Waals surface area contributed by atoms with Gasteiger partial charge in [0.25, 0.3) is 0 Å². The average Bonchev–Trinajstić information content (AvgIpc) is 3.07. The number of anilines is 1. The van der Waals surface area contributed by atoms with Crippen LogP contribution in [0.1, 0.15) is 44.9 Å². The molecule has 0 saturated carbocycles. The monoisotopic (exact) mass is 400 g/mol. The second-order valence-corrected chi connectivity index (χ2v) is 9.10. The van der Waals surface area contributed by atoms with Crippen LogP contribution in [-0.4, -0.2) is 55.1 Å². The fourth-order valence-corrected chi connectivity index (χ4v) is 5.31. The summed E-state index contributed by atoms with van der Waals surface area (Å²) in [6.07, 6.45) is 10.4. The molecule has 0 aromatic carbocycles. The van der Waals surface area contributed by atoms with Gasteiger partial charge in [0, 0.05) is 35.9 Å². The summed E-state index contributed by atoms with van der Waals surface area (Å²) >= 11 is 1.75. The number of rotatable bonds is 6. The van der Waals surface area contributed by atoms with Crippen LogP contribution in [0.15, 0.2) is 23.7 Å². The first-order valence-corrected chi connectivity index (χ1v) is 11.8. The number of thiophene rings is 1. The molecule has 28 heavy (non-hydrogen) atoms. The van der Waals surface area contributed by atoms with Crippen LogP contribution in [0.4, 0.5) is 5.82 Å². The van der Waals surface area contributed by atoms with Crippen LogP contribution in [0.25, 0.3) is 10.1 Å². The molecule has 0 bridgehead atoms. The maximum atomic E-state index is 12.7. The van der Waals surface area contributed by atoms with Gasteiger partial charge in [-0.2, -0.15) is 0 Å². The SMILES string of the molecule is O=C(NCCCN1CCCCCC1)[C@H]1CCCN(c2nccc3sccc23)C1. The second kappa shape index (κ2) is 9.70. The van der Waals surface area contributed by atoms with E-state index in [0.29, 0.717) is 0 Å². The standard InChI is InChI=1S/C22H32N4OS/c27-22(24-10-6-14-25-12-3-1-2-4-13-25)18-7-5-15-26(17-18)21-19-9-16-28-20(19)8-11-23-21/h8-9,11,16,18H,1-7,10,12-15,17H2,(H,24,27)/t18-/m0/s1. The highest BCUT2D eigenvalue weighted by Gasteiger charge is 2.27. The molecule has 2 aliphatic heterocycles. The van der Waals surface area contributed by atoms with Gasteiger partial charge in [-0.3, -0.25) is 4.79 Å². The van der Waals surface area contributed by atoms with Crippen LogP contribution in [0.3, 0.4) is 0 Å². The second-order valence-electron chi connectivity index (χ2n) is 8.15. The van der Waals surface area contributed by atoms with E-state index in [-0.39, 0.29) is 11.8 Å². The van der Waals surface area contributed by atoms with Crippen molar-refractivity contribution < 1.29 is 4.79 Å². The molecule has 5 nitrogen and oxygen atoms in total. The molecule has 2 fully saturated rings. The Kier molecular flexibility index (Phi) is 6.81.